The molecule has 0 spiro atoms. The number of carbonyl (C=O) groups is 2. The number of carboxylic acid groups (broad SMARTS) is 1. The summed E-state index contributed by atoms with van der Waals surface area (Å²) in [5.74, 6) is -0.850. The number of amides is 2. The summed E-state index contributed by atoms with van der Waals surface area (Å²) in [6.45, 7) is 0. The Hall–Kier alpha value is -2.04. The van der Waals surface area contributed by atoms with Crippen LogP contribution in [0.3, 0.4) is 0 Å². The van der Waals surface area contributed by atoms with Crippen LogP contribution >= 0.6 is 0 Å². The zero-order valence-electron chi connectivity index (χ0n) is 12.3. The molecule has 5 heteroatoms. The average molecular weight is 290 g/mol. The van der Waals surface area contributed by atoms with E-state index in [-0.39, 0.29) is 18.5 Å². The number of carboxylic acids is 1. The van der Waals surface area contributed by atoms with Gasteiger partial charge in [0.05, 0.1) is 6.04 Å². The van der Waals surface area contributed by atoms with E-state index in [9.17, 15) is 9.59 Å². The largest absolute Gasteiger partial charge is 0.481 e. The highest BCUT2D eigenvalue weighted by atomic mass is 16.4. The molecule has 0 aromatic heterocycles. The summed E-state index contributed by atoms with van der Waals surface area (Å²) in [4.78, 5) is 24.8. The predicted octanol–water partition coefficient (Wildman–Crippen LogP) is 2.79. The van der Waals surface area contributed by atoms with E-state index in [1.54, 1.807) is 11.9 Å². The Morgan fingerprint density at radius 3 is 2.52 bits per heavy atom. The van der Waals surface area contributed by atoms with E-state index >= 15 is 0 Å². The van der Waals surface area contributed by atoms with Crippen LogP contribution in [-0.4, -0.2) is 35.1 Å². The summed E-state index contributed by atoms with van der Waals surface area (Å²) in [7, 11) is 1.80. The molecule has 0 saturated heterocycles. The Bertz CT molecular complexity index is 486. The van der Waals surface area contributed by atoms with Gasteiger partial charge in [0, 0.05) is 19.5 Å². The van der Waals surface area contributed by atoms with Crippen molar-refractivity contribution in [3.63, 3.8) is 0 Å². The number of benzene rings is 1. The molecule has 0 heterocycles. The Morgan fingerprint density at radius 2 is 2.00 bits per heavy atom. The van der Waals surface area contributed by atoms with Gasteiger partial charge in [0.2, 0.25) is 0 Å². The van der Waals surface area contributed by atoms with Crippen LogP contribution in [0.4, 0.5) is 4.79 Å². The van der Waals surface area contributed by atoms with Crippen molar-refractivity contribution in [2.24, 2.45) is 0 Å². The highest BCUT2D eigenvalue weighted by molar-refractivity contribution is 5.75. The normalized spacial score (nSPS) is 15.9. The fourth-order valence-electron chi connectivity index (χ4n) is 2.47. The third kappa shape index (κ3) is 4.21. The van der Waals surface area contributed by atoms with Crippen molar-refractivity contribution < 1.29 is 14.7 Å². The summed E-state index contributed by atoms with van der Waals surface area (Å²) in [5, 5.41) is 11.8. The number of hydrogen-bond acceptors (Lipinski definition) is 2. The first-order valence-electron chi connectivity index (χ1n) is 7.38. The molecule has 1 aliphatic carbocycles. The molecule has 2 N–H and O–H groups in total. The molecule has 2 amide bonds. The molecule has 0 radical (unpaired) electrons. The molecule has 1 saturated carbocycles. The molecule has 1 atom stereocenters. The van der Waals surface area contributed by atoms with Crippen molar-refractivity contribution in [1.29, 1.82) is 0 Å². The third-order valence-corrected chi connectivity index (χ3v) is 4.09. The molecule has 1 unspecified atom stereocenters. The van der Waals surface area contributed by atoms with Crippen LogP contribution in [0.1, 0.15) is 43.7 Å². The number of urea groups is 1. The number of rotatable bonds is 6. The number of aliphatic carboxylic acids is 1. The Balaban J connectivity index is 2.00. The smallest absolute Gasteiger partial charge is 0.317 e. The summed E-state index contributed by atoms with van der Waals surface area (Å²) in [6, 6.07) is 9.44. The number of carbonyl (C=O) groups excluding carboxylic acids is 1. The molecule has 1 aliphatic rings. The van der Waals surface area contributed by atoms with E-state index in [0.717, 1.165) is 18.4 Å². The van der Waals surface area contributed by atoms with Gasteiger partial charge >= 0.3 is 12.0 Å². The van der Waals surface area contributed by atoms with Gasteiger partial charge < -0.3 is 15.3 Å². The van der Waals surface area contributed by atoms with Gasteiger partial charge in [-0.3, -0.25) is 4.79 Å². The van der Waals surface area contributed by atoms with Crippen LogP contribution in [0, 0.1) is 0 Å². The molecule has 0 aliphatic heterocycles. The van der Waals surface area contributed by atoms with Gasteiger partial charge in [-0.2, -0.15) is 0 Å². The van der Waals surface area contributed by atoms with E-state index in [1.165, 1.54) is 6.42 Å². The molecule has 21 heavy (non-hydrogen) atoms. The van der Waals surface area contributed by atoms with Crippen LogP contribution in [0.25, 0.3) is 0 Å². The zero-order chi connectivity index (χ0) is 15.2. The minimum absolute atomic E-state index is 0.0347. The van der Waals surface area contributed by atoms with Gasteiger partial charge in [0.25, 0.3) is 0 Å². The standard InChI is InChI=1S/C16H22N2O3/c1-18(13-8-5-9-13)16(21)17-14(10-11-15(19)20)12-6-3-2-4-7-12/h2-4,6-7,13-14H,5,8-11H2,1H3,(H,17,21)(H,19,20). The second-order valence-corrected chi connectivity index (χ2v) is 5.54. The van der Waals surface area contributed by atoms with Crippen molar-refractivity contribution >= 4 is 12.0 Å². The van der Waals surface area contributed by atoms with Crippen LogP contribution in [0.2, 0.25) is 0 Å². The second-order valence-electron chi connectivity index (χ2n) is 5.54. The van der Waals surface area contributed by atoms with Gasteiger partial charge in [0.1, 0.15) is 0 Å². The van der Waals surface area contributed by atoms with Gasteiger partial charge in [0.15, 0.2) is 0 Å². The highest BCUT2D eigenvalue weighted by Crippen LogP contribution is 2.24. The van der Waals surface area contributed by atoms with E-state index < -0.39 is 5.97 Å². The first-order valence-corrected chi connectivity index (χ1v) is 7.38. The molecule has 0 bridgehead atoms. The zero-order valence-corrected chi connectivity index (χ0v) is 12.3. The van der Waals surface area contributed by atoms with Gasteiger partial charge in [-0.25, -0.2) is 4.79 Å². The monoisotopic (exact) mass is 290 g/mol. The lowest BCUT2D eigenvalue weighted by atomic mass is 9.92. The SMILES string of the molecule is CN(C(=O)NC(CCC(=O)O)c1ccccc1)C1CCC1. The summed E-state index contributed by atoms with van der Waals surface area (Å²) in [5.41, 5.74) is 0.939. The third-order valence-electron chi connectivity index (χ3n) is 4.09. The van der Waals surface area contributed by atoms with Crippen molar-refractivity contribution in [3.05, 3.63) is 35.9 Å². The Morgan fingerprint density at radius 1 is 1.33 bits per heavy atom. The average Bonchev–Trinajstić information content (AvgIpc) is 2.42. The van der Waals surface area contributed by atoms with Crippen molar-refractivity contribution in [1.82, 2.24) is 10.2 Å². The summed E-state index contributed by atoms with van der Waals surface area (Å²) < 4.78 is 0. The molecule has 114 valence electrons. The van der Waals surface area contributed by atoms with E-state index in [1.807, 2.05) is 30.3 Å². The lowest BCUT2D eigenvalue weighted by Gasteiger charge is -2.35. The van der Waals surface area contributed by atoms with Crippen LogP contribution in [0.15, 0.2) is 30.3 Å². The molecule has 5 nitrogen and oxygen atoms in total. The fraction of sp³-hybridized carbons (Fsp3) is 0.500. The topological polar surface area (TPSA) is 69.6 Å². The van der Waals surface area contributed by atoms with Gasteiger partial charge in [-0.1, -0.05) is 30.3 Å². The number of nitrogens with one attached hydrogen (secondary N) is 1. The number of nitrogens with zero attached hydrogens (tertiary/aromatic N) is 1. The minimum atomic E-state index is -0.850. The van der Waals surface area contributed by atoms with Crippen molar-refractivity contribution in [3.8, 4) is 0 Å². The Labute approximate surface area is 125 Å². The first kappa shape index (κ1) is 15.4. The maximum atomic E-state index is 12.3. The fourth-order valence-corrected chi connectivity index (χ4v) is 2.47. The lowest BCUT2D eigenvalue weighted by Crippen LogP contribution is -2.47. The molecular formula is C16H22N2O3. The Kier molecular flexibility index (Phi) is 5.20. The molecular weight excluding hydrogens is 268 g/mol. The van der Waals surface area contributed by atoms with Crippen LogP contribution in [-0.2, 0) is 4.79 Å². The van der Waals surface area contributed by atoms with Crippen LogP contribution in [0.5, 0.6) is 0 Å². The second kappa shape index (κ2) is 7.11. The molecule has 1 aromatic carbocycles. The first-order chi connectivity index (χ1) is 10.1. The molecule has 2 rings (SSSR count). The number of hydrogen-bond donors (Lipinski definition) is 2. The summed E-state index contributed by atoms with van der Waals surface area (Å²) >= 11 is 0. The summed E-state index contributed by atoms with van der Waals surface area (Å²) in [6.07, 6.45) is 3.70. The lowest BCUT2D eigenvalue weighted by molar-refractivity contribution is -0.137. The molecule has 1 fully saturated rings. The van der Waals surface area contributed by atoms with Crippen molar-refractivity contribution in [2.75, 3.05) is 7.05 Å². The quantitative estimate of drug-likeness (QED) is 0.846. The minimum Gasteiger partial charge on any atom is -0.481 e. The predicted molar refractivity (Wildman–Crippen MR) is 80.0 cm³/mol. The van der Waals surface area contributed by atoms with Crippen LogP contribution < -0.4 is 5.32 Å². The van der Waals surface area contributed by atoms with E-state index in [2.05, 4.69) is 5.32 Å². The maximum absolute atomic E-state index is 12.3. The van der Waals surface area contributed by atoms with E-state index in [0.29, 0.717) is 12.5 Å². The van der Waals surface area contributed by atoms with Gasteiger partial charge in [-0.05, 0) is 31.2 Å². The van der Waals surface area contributed by atoms with Crippen molar-refractivity contribution in [2.45, 2.75) is 44.2 Å². The highest BCUT2D eigenvalue weighted by Gasteiger charge is 2.27. The van der Waals surface area contributed by atoms with E-state index in [4.69, 9.17) is 5.11 Å². The molecule has 1 aromatic rings. The maximum Gasteiger partial charge on any atom is 0.317 e. The van der Waals surface area contributed by atoms with Gasteiger partial charge in [-0.15, -0.1) is 0 Å².